The van der Waals surface area contributed by atoms with Crippen LogP contribution in [0.3, 0.4) is 0 Å². The summed E-state index contributed by atoms with van der Waals surface area (Å²) in [6, 6.07) is 10.9. The first kappa shape index (κ1) is 26.3. The van der Waals surface area contributed by atoms with Gasteiger partial charge >= 0.3 is 5.97 Å². The van der Waals surface area contributed by atoms with E-state index in [0.717, 1.165) is 98.1 Å². The summed E-state index contributed by atoms with van der Waals surface area (Å²) < 4.78 is 10.8. The number of amides is 1. The van der Waals surface area contributed by atoms with E-state index in [1.54, 1.807) is 0 Å². The van der Waals surface area contributed by atoms with Crippen molar-refractivity contribution in [3.05, 3.63) is 47.0 Å². The van der Waals surface area contributed by atoms with E-state index in [9.17, 15) is 9.59 Å². The largest absolute Gasteiger partial charge is 0.465 e. The number of carbonyl (C=O) groups excluding carboxylic acids is 2. The molecule has 1 saturated carbocycles. The van der Waals surface area contributed by atoms with E-state index in [-0.39, 0.29) is 11.9 Å². The van der Waals surface area contributed by atoms with Gasteiger partial charge in [0, 0.05) is 43.7 Å². The number of fused-ring (bicyclic) bond motifs is 2. The zero-order valence-electron chi connectivity index (χ0n) is 23.6. The standard InChI is InChI=1S/C32H41N3O4/c1-4-35(25-9-15-39-16-10-25)29-19-24(17-26(21(29)2)30(36)38-3)23-7-8-27-28(18-23)33-31(37)32(27)11-13-34(14-12-32)20-22-5-6-22/h7-8,17-19,22,25H,4-6,9-16,20H2,1-3H3,(H,33,37). The molecule has 7 heteroatoms. The highest BCUT2D eigenvalue weighted by molar-refractivity contribution is 6.07. The first-order chi connectivity index (χ1) is 18.9. The number of carbonyl (C=O) groups is 2. The Balaban J connectivity index is 1.34. The van der Waals surface area contributed by atoms with E-state index in [1.165, 1.54) is 26.5 Å². The van der Waals surface area contributed by atoms with E-state index >= 15 is 0 Å². The Morgan fingerprint density at radius 2 is 1.85 bits per heavy atom. The molecule has 4 aliphatic rings. The first-order valence-electron chi connectivity index (χ1n) is 14.7. The maximum Gasteiger partial charge on any atom is 0.338 e. The summed E-state index contributed by atoms with van der Waals surface area (Å²) in [6.45, 7) is 9.68. The number of rotatable bonds is 7. The number of likely N-dealkylation sites (tertiary alicyclic amines) is 1. The number of nitrogens with zero attached hydrogens (tertiary/aromatic N) is 2. The molecule has 3 aliphatic heterocycles. The fourth-order valence-corrected chi connectivity index (χ4v) is 7.00. The molecule has 0 atom stereocenters. The highest BCUT2D eigenvalue weighted by Crippen LogP contribution is 2.47. The van der Waals surface area contributed by atoms with Gasteiger partial charge in [-0.15, -0.1) is 0 Å². The van der Waals surface area contributed by atoms with Crippen molar-refractivity contribution < 1.29 is 19.1 Å². The van der Waals surface area contributed by atoms with Gasteiger partial charge in [-0.1, -0.05) is 12.1 Å². The van der Waals surface area contributed by atoms with Crippen molar-refractivity contribution in [2.24, 2.45) is 5.92 Å². The molecule has 7 nitrogen and oxygen atoms in total. The zero-order valence-corrected chi connectivity index (χ0v) is 23.6. The predicted octanol–water partition coefficient (Wildman–Crippen LogP) is 5.15. The third-order valence-electron chi connectivity index (χ3n) is 9.54. The molecule has 6 rings (SSSR count). The average Bonchev–Trinajstić information content (AvgIpc) is 3.74. The van der Waals surface area contributed by atoms with E-state index in [2.05, 4.69) is 46.3 Å². The summed E-state index contributed by atoms with van der Waals surface area (Å²) in [7, 11) is 1.44. The maximum absolute atomic E-state index is 13.4. The molecule has 2 aromatic carbocycles. The smallest absolute Gasteiger partial charge is 0.338 e. The lowest BCUT2D eigenvalue weighted by molar-refractivity contribution is -0.122. The van der Waals surface area contributed by atoms with Gasteiger partial charge in [0.05, 0.1) is 18.1 Å². The third-order valence-corrected chi connectivity index (χ3v) is 9.54. The molecule has 2 aromatic rings. The summed E-state index contributed by atoms with van der Waals surface area (Å²) in [4.78, 5) is 31.2. The van der Waals surface area contributed by atoms with Crippen LogP contribution in [0.4, 0.5) is 11.4 Å². The lowest BCUT2D eigenvalue weighted by Crippen LogP contribution is -2.46. The monoisotopic (exact) mass is 531 g/mol. The van der Waals surface area contributed by atoms with Gasteiger partial charge in [0.15, 0.2) is 0 Å². The van der Waals surface area contributed by atoms with Crippen LogP contribution in [0.5, 0.6) is 0 Å². The van der Waals surface area contributed by atoms with Crippen molar-refractivity contribution in [1.82, 2.24) is 4.90 Å². The second kappa shape index (κ2) is 10.6. The number of anilines is 2. The van der Waals surface area contributed by atoms with Crippen molar-refractivity contribution in [3.8, 4) is 11.1 Å². The van der Waals surface area contributed by atoms with Gasteiger partial charge in [-0.3, -0.25) is 4.79 Å². The molecule has 0 radical (unpaired) electrons. The number of benzene rings is 2. The van der Waals surface area contributed by atoms with E-state index < -0.39 is 5.41 Å². The van der Waals surface area contributed by atoms with Crippen LogP contribution in [-0.4, -0.2) is 69.3 Å². The minimum Gasteiger partial charge on any atom is -0.465 e. The Labute approximate surface area is 231 Å². The predicted molar refractivity (Wildman–Crippen MR) is 154 cm³/mol. The second-order valence-corrected chi connectivity index (χ2v) is 11.8. The Hall–Kier alpha value is -2.90. The molecule has 2 saturated heterocycles. The number of hydrogen-bond donors (Lipinski definition) is 1. The molecule has 3 fully saturated rings. The van der Waals surface area contributed by atoms with Crippen LogP contribution in [0.2, 0.25) is 0 Å². The van der Waals surface area contributed by atoms with Crippen molar-refractivity contribution in [2.45, 2.75) is 63.8 Å². The third kappa shape index (κ3) is 4.84. The molecule has 1 spiro atoms. The Morgan fingerprint density at radius 1 is 1.10 bits per heavy atom. The van der Waals surface area contributed by atoms with Gasteiger partial charge < -0.3 is 24.6 Å². The molecular formula is C32H41N3O4. The lowest BCUT2D eigenvalue weighted by Gasteiger charge is -2.38. The minimum absolute atomic E-state index is 0.136. The Kier molecular flexibility index (Phi) is 7.15. The Morgan fingerprint density at radius 3 is 2.51 bits per heavy atom. The van der Waals surface area contributed by atoms with Gasteiger partial charge in [-0.25, -0.2) is 4.79 Å². The van der Waals surface area contributed by atoms with Crippen molar-refractivity contribution in [3.63, 3.8) is 0 Å². The summed E-state index contributed by atoms with van der Waals surface area (Å²) in [5, 5.41) is 3.22. The van der Waals surface area contributed by atoms with Crippen LogP contribution in [0.25, 0.3) is 11.1 Å². The molecule has 208 valence electrons. The van der Waals surface area contributed by atoms with Crippen LogP contribution in [0.1, 0.15) is 66.9 Å². The fraction of sp³-hybridized carbons (Fsp3) is 0.562. The van der Waals surface area contributed by atoms with Crippen LogP contribution in [0.15, 0.2) is 30.3 Å². The second-order valence-electron chi connectivity index (χ2n) is 11.8. The van der Waals surface area contributed by atoms with Gasteiger partial charge in [-0.2, -0.15) is 0 Å². The average molecular weight is 532 g/mol. The lowest BCUT2D eigenvalue weighted by atomic mass is 9.73. The minimum atomic E-state index is -0.425. The molecular weight excluding hydrogens is 490 g/mol. The molecule has 1 aliphatic carbocycles. The van der Waals surface area contributed by atoms with E-state index in [1.807, 2.05) is 13.0 Å². The maximum atomic E-state index is 13.4. The summed E-state index contributed by atoms with van der Waals surface area (Å²) in [5.74, 6) is 0.679. The summed E-state index contributed by atoms with van der Waals surface area (Å²) >= 11 is 0. The number of methoxy groups -OCH3 is 1. The molecule has 39 heavy (non-hydrogen) atoms. The van der Waals surface area contributed by atoms with Gasteiger partial charge in [0.2, 0.25) is 5.91 Å². The number of hydrogen-bond acceptors (Lipinski definition) is 6. The SMILES string of the molecule is CCN(c1cc(-c2ccc3c(c2)NC(=O)C32CCN(CC3CC3)CC2)cc(C(=O)OC)c1C)C1CCOCC1. The van der Waals surface area contributed by atoms with E-state index in [4.69, 9.17) is 9.47 Å². The van der Waals surface area contributed by atoms with Crippen LogP contribution in [-0.2, 0) is 19.7 Å². The highest BCUT2D eigenvalue weighted by Gasteiger charge is 2.48. The molecule has 1 amide bonds. The summed E-state index contributed by atoms with van der Waals surface area (Å²) in [5.41, 5.74) is 6.14. The Bertz CT molecular complexity index is 1260. The molecule has 0 unspecified atom stereocenters. The number of esters is 1. The molecule has 0 bridgehead atoms. The first-order valence-corrected chi connectivity index (χ1v) is 14.7. The van der Waals surface area contributed by atoms with Crippen molar-refractivity contribution >= 4 is 23.3 Å². The number of ether oxygens (including phenoxy) is 2. The normalized spacial score (nSPS) is 21.1. The molecule has 3 heterocycles. The van der Waals surface area contributed by atoms with Crippen molar-refractivity contribution in [2.75, 3.05) is 56.7 Å². The molecule has 0 aromatic heterocycles. The number of piperidine rings is 1. The van der Waals surface area contributed by atoms with Gasteiger partial charge in [0.25, 0.3) is 0 Å². The van der Waals surface area contributed by atoms with Gasteiger partial charge in [-0.05, 0) is 112 Å². The van der Waals surface area contributed by atoms with Crippen molar-refractivity contribution in [1.29, 1.82) is 0 Å². The highest BCUT2D eigenvalue weighted by atomic mass is 16.5. The quantitative estimate of drug-likeness (QED) is 0.499. The fourth-order valence-electron chi connectivity index (χ4n) is 7.00. The van der Waals surface area contributed by atoms with Crippen LogP contribution >= 0.6 is 0 Å². The number of nitrogens with one attached hydrogen (secondary N) is 1. The van der Waals surface area contributed by atoms with Crippen LogP contribution in [0, 0.1) is 12.8 Å². The van der Waals surface area contributed by atoms with Gasteiger partial charge in [0.1, 0.15) is 0 Å². The van der Waals surface area contributed by atoms with E-state index in [0.29, 0.717) is 11.6 Å². The zero-order chi connectivity index (χ0) is 27.1. The van der Waals surface area contributed by atoms with Crippen LogP contribution < -0.4 is 10.2 Å². The topological polar surface area (TPSA) is 71.1 Å². The molecule has 1 N–H and O–H groups in total. The summed E-state index contributed by atoms with van der Waals surface area (Å²) in [6.07, 6.45) is 6.39.